The Morgan fingerprint density at radius 1 is 0.382 bits per heavy atom. The predicted molar refractivity (Wildman–Crippen MR) is 323 cm³/mol. The summed E-state index contributed by atoms with van der Waals surface area (Å²) in [6.45, 7) is 4.92. The number of likely N-dealkylation sites (N-methyl/N-ethyl adjacent to an activating group) is 1. The van der Waals surface area contributed by atoms with Crippen LogP contribution in [-0.2, 0) is 33.3 Å². The van der Waals surface area contributed by atoms with Crippen LogP contribution in [0.5, 0.6) is 0 Å². The van der Waals surface area contributed by atoms with Gasteiger partial charge in [0.15, 0.2) is 6.10 Å². The molecule has 0 aromatic heterocycles. The molecule has 0 aliphatic heterocycles. The Balaban J connectivity index is 4.00. The summed E-state index contributed by atoms with van der Waals surface area (Å²) in [4.78, 5) is 37.5. The van der Waals surface area contributed by atoms with E-state index >= 15 is 0 Å². The highest BCUT2D eigenvalue weighted by Gasteiger charge is 2.25. The van der Waals surface area contributed by atoms with E-state index in [1.165, 1.54) is 250 Å². The van der Waals surface area contributed by atoms with Gasteiger partial charge in [0.25, 0.3) is 6.29 Å². The van der Waals surface area contributed by atoms with Crippen molar-refractivity contribution in [2.24, 2.45) is 0 Å². The van der Waals surface area contributed by atoms with Crippen LogP contribution in [0.3, 0.4) is 0 Å². The molecule has 448 valence electrons. The Morgan fingerprint density at radius 3 is 0.974 bits per heavy atom. The molecule has 0 amide bonds. The van der Waals surface area contributed by atoms with Crippen LogP contribution in [0.4, 0.5) is 0 Å². The lowest BCUT2D eigenvalue weighted by atomic mass is 10.0. The molecule has 0 aliphatic carbocycles. The van der Waals surface area contributed by atoms with Gasteiger partial charge in [-0.1, -0.05) is 276 Å². The fourth-order valence-electron chi connectivity index (χ4n) is 9.83. The van der Waals surface area contributed by atoms with Gasteiger partial charge >= 0.3 is 17.9 Å². The summed E-state index contributed by atoms with van der Waals surface area (Å²) in [5.74, 6) is -1.99. The van der Waals surface area contributed by atoms with E-state index in [9.17, 15) is 19.5 Å². The lowest BCUT2D eigenvalue weighted by molar-refractivity contribution is -0.870. The first-order valence-electron chi connectivity index (χ1n) is 33.0. The molecule has 76 heavy (non-hydrogen) atoms. The van der Waals surface area contributed by atoms with Crippen molar-refractivity contribution < 1.29 is 42.9 Å². The van der Waals surface area contributed by atoms with E-state index in [1.807, 2.05) is 21.1 Å². The molecule has 0 bridgehead atoms. The van der Waals surface area contributed by atoms with Crippen molar-refractivity contribution in [3.63, 3.8) is 0 Å². The number of rotatable bonds is 62. The normalized spacial score (nSPS) is 12.8. The van der Waals surface area contributed by atoms with Crippen LogP contribution in [-0.4, -0.2) is 87.4 Å². The highest BCUT2D eigenvalue weighted by Crippen LogP contribution is 2.18. The summed E-state index contributed by atoms with van der Waals surface area (Å²) >= 11 is 0. The summed E-state index contributed by atoms with van der Waals surface area (Å²) in [5, 5.41) is 9.71. The van der Waals surface area contributed by atoms with Crippen molar-refractivity contribution in [1.82, 2.24) is 0 Å². The van der Waals surface area contributed by atoms with Gasteiger partial charge in [0.1, 0.15) is 13.2 Å². The number of carboxylic acids is 1. The van der Waals surface area contributed by atoms with Crippen molar-refractivity contribution in [1.29, 1.82) is 0 Å². The number of unbranched alkanes of at least 4 members (excludes halogenated alkanes) is 43. The number of quaternary nitrogens is 1. The summed E-state index contributed by atoms with van der Waals surface area (Å²) in [6.07, 6.45) is 68.7. The monoisotopic (exact) mass is 1070 g/mol. The van der Waals surface area contributed by atoms with Crippen molar-refractivity contribution in [2.75, 3.05) is 47.5 Å². The molecular formula is C67H128NO8+. The van der Waals surface area contributed by atoms with E-state index in [0.29, 0.717) is 17.4 Å². The predicted octanol–water partition coefficient (Wildman–Crippen LogP) is 19.9. The van der Waals surface area contributed by atoms with Gasteiger partial charge in [0.05, 0.1) is 34.4 Å². The second-order valence-corrected chi connectivity index (χ2v) is 23.8. The molecular weight excluding hydrogens is 947 g/mol. The number of allylic oxidation sites excluding steroid dienone is 4. The molecule has 9 heteroatoms. The average Bonchev–Trinajstić information content (AvgIpc) is 3.39. The number of carbonyl (C=O) groups is 3. The minimum atomic E-state index is -1.51. The quantitative estimate of drug-likeness (QED) is 0.0211. The third kappa shape index (κ3) is 59.4. The molecule has 0 rings (SSSR count). The van der Waals surface area contributed by atoms with Crippen molar-refractivity contribution in [3.8, 4) is 0 Å². The molecule has 0 aromatic rings. The van der Waals surface area contributed by atoms with Crippen LogP contribution in [0.25, 0.3) is 0 Å². The fraction of sp³-hybridized carbons (Fsp3) is 0.896. The second kappa shape index (κ2) is 58.9. The molecule has 9 nitrogen and oxygen atoms in total. The first kappa shape index (κ1) is 73.8. The summed E-state index contributed by atoms with van der Waals surface area (Å²) in [5.41, 5.74) is 0. The van der Waals surface area contributed by atoms with E-state index in [1.54, 1.807) is 0 Å². The number of hydrogen-bond acceptors (Lipinski definition) is 7. The van der Waals surface area contributed by atoms with Gasteiger partial charge < -0.3 is 28.5 Å². The third-order valence-electron chi connectivity index (χ3n) is 14.9. The maximum atomic E-state index is 12.9. The number of aliphatic carboxylic acids is 1. The lowest BCUT2D eigenvalue weighted by Gasteiger charge is -2.25. The molecule has 0 saturated heterocycles. The first-order valence-corrected chi connectivity index (χ1v) is 33.0. The van der Waals surface area contributed by atoms with Crippen molar-refractivity contribution in [2.45, 2.75) is 341 Å². The third-order valence-corrected chi connectivity index (χ3v) is 14.9. The van der Waals surface area contributed by atoms with E-state index in [-0.39, 0.29) is 38.2 Å². The fourth-order valence-corrected chi connectivity index (χ4v) is 9.83. The van der Waals surface area contributed by atoms with Crippen molar-refractivity contribution >= 4 is 17.9 Å². The van der Waals surface area contributed by atoms with E-state index in [0.717, 1.165) is 51.4 Å². The molecule has 0 fully saturated rings. The van der Waals surface area contributed by atoms with Gasteiger partial charge in [-0.15, -0.1) is 0 Å². The van der Waals surface area contributed by atoms with Gasteiger partial charge in [-0.3, -0.25) is 9.59 Å². The van der Waals surface area contributed by atoms with Gasteiger partial charge in [0.2, 0.25) is 0 Å². The Morgan fingerprint density at radius 2 is 0.671 bits per heavy atom. The molecule has 0 saturated carbocycles. The highest BCUT2D eigenvalue weighted by atomic mass is 16.7. The zero-order chi connectivity index (χ0) is 55.5. The zero-order valence-electron chi connectivity index (χ0n) is 51.2. The summed E-state index contributed by atoms with van der Waals surface area (Å²) in [7, 11) is 5.98. The van der Waals surface area contributed by atoms with Crippen molar-refractivity contribution in [3.05, 3.63) is 24.3 Å². The Labute approximate surface area is 471 Å². The van der Waals surface area contributed by atoms with E-state index < -0.39 is 18.4 Å². The Bertz CT molecular complexity index is 1300. The molecule has 0 spiro atoms. The average molecular weight is 1080 g/mol. The van der Waals surface area contributed by atoms with Gasteiger partial charge in [-0.2, -0.15) is 0 Å². The maximum Gasteiger partial charge on any atom is 0.361 e. The van der Waals surface area contributed by atoms with Crippen LogP contribution in [0.2, 0.25) is 0 Å². The molecule has 2 atom stereocenters. The SMILES string of the molecule is CCCCCCCCC/C=C\CCCCCCCC(=O)OCC(COC(OCC[N+](C)(C)C)C(=O)O)OC(=O)CCCCCCCCCCCCCCCCCCCCCCCCC/C=C\CCCCCCCCCC. The van der Waals surface area contributed by atoms with Gasteiger partial charge in [-0.25, -0.2) is 4.79 Å². The number of hydrogen-bond donors (Lipinski definition) is 1. The highest BCUT2D eigenvalue weighted by molar-refractivity contribution is 5.71. The summed E-state index contributed by atoms with van der Waals surface area (Å²) in [6, 6.07) is 0. The van der Waals surface area contributed by atoms with Crippen LogP contribution in [0.1, 0.15) is 328 Å². The van der Waals surface area contributed by atoms with Crippen LogP contribution in [0.15, 0.2) is 24.3 Å². The number of carbonyl (C=O) groups excluding carboxylic acids is 2. The largest absolute Gasteiger partial charge is 0.477 e. The maximum absolute atomic E-state index is 12.9. The standard InChI is InChI=1S/C67H127NO8/c1-6-8-10-12-14-16-18-20-22-24-25-26-27-28-29-30-31-32-33-34-35-36-37-38-39-40-41-42-44-46-48-50-52-54-56-58-65(70)76-63(62-75-67(66(71)72)73-60-59-68(3,4)5)61-74-64(69)57-55-53-51-49-47-45-43-23-21-19-17-15-13-11-9-7-2/h23-25,43,63,67H,6-22,26-42,44-62H2,1-5H3/p+1/b25-24-,43-23-. The minimum Gasteiger partial charge on any atom is -0.477 e. The van der Waals surface area contributed by atoms with Gasteiger partial charge in [-0.05, 0) is 64.2 Å². The molecule has 2 unspecified atom stereocenters. The van der Waals surface area contributed by atoms with E-state index in [4.69, 9.17) is 18.9 Å². The Kier molecular flexibility index (Phi) is 57.2. The molecule has 0 aliphatic rings. The first-order chi connectivity index (χ1) is 37.1. The van der Waals surface area contributed by atoms with Crippen LogP contribution < -0.4 is 0 Å². The second-order valence-electron chi connectivity index (χ2n) is 23.8. The molecule has 0 heterocycles. The van der Waals surface area contributed by atoms with Crippen LogP contribution in [0, 0.1) is 0 Å². The topological polar surface area (TPSA) is 108 Å². The summed E-state index contributed by atoms with van der Waals surface area (Å²) < 4.78 is 22.9. The van der Waals surface area contributed by atoms with Crippen LogP contribution >= 0.6 is 0 Å². The smallest absolute Gasteiger partial charge is 0.361 e. The number of carboxylic acid groups (broad SMARTS) is 1. The van der Waals surface area contributed by atoms with Gasteiger partial charge in [0, 0.05) is 12.8 Å². The molecule has 1 N–H and O–H groups in total. The Hall–Kier alpha value is -2.23. The molecule has 0 aromatic carbocycles. The number of esters is 2. The zero-order valence-corrected chi connectivity index (χ0v) is 51.2. The minimum absolute atomic E-state index is 0.181. The van der Waals surface area contributed by atoms with E-state index in [2.05, 4.69) is 38.2 Å². The molecule has 0 radical (unpaired) electrons. The number of nitrogens with zero attached hydrogens (tertiary/aromatic N) is 1. The lowest BCUT2D eigenvalue weighted by Crippen LogP contribution is -2.40. The number of ether oxygens (including phenoxy) is 4.